The Morgan fingerprint density at radius 2 is 1.89 bits per heavy atom. The number of thiazole rings is 1. The van der Waals surface area contributed by atoms with Crippen LogP contribution in [-0.4, -0.2) is 26.3 Å². The lowest BCUT2D eigenvalue weighted by Gasteiger charge is -2.03. The number of rotatable bonds is 4. The molecule has 0 radical (unpaired) electrons. The summed E-state index contributed by atoms with van der Waals surface area (Å²) in [5, 5.41) is 31.9. The van der Waals surface area contributed by atoms with Gasteiger partial charge in [0.1, 0.15) is 10.8 Å². The minimum atomic E-state index is -0.661. The molecular formula is C20H13N3O4S. The monoisotopic (exact) mass is 391 g/mol. The maximum atomic E-state index is 10.9. The van der Waals surface area contributed by atoms with Crippen LogP contribution < -0.4 is 0 Å². The smallest absolute Gasteiger partial charge is 0.311 e. The van der Waals surface area contributed by atoms with Gasteiger partial charge >= 0.3 is 5.69 Å². The number of nitro groups is 1. The second-order valence-electron chi connectivity index (χ2n) is 5.92. The quantitative estimate of drug-likeness (QED) is 0.288. The Labute approximate surface area is 163 Å². The molecular weight excluding hydrogens is 378 g/mol. The van der Waals surface area contributed by atoms with Crippen molar-refractivity contribution >= 4 is 39.1 Å². The molecule has 0 atom stereocenters. The van der Waals surface area contributed by atoms with E-state index in [1.807, 2.05) is 24.3 Å². The molecule has 1 aromatic heterocycles. The zero-order valence-electron chi connectivity index (χ0n) is 14.3. The lowest BCUT2D eigenvalue weighted by atomic mass is 10.1. The molecule has 0 fully saturated rings. The number of nitrogens with zero attached hydrogens (tertiary/aromatic N) is 3. The molecule has 7 nitrogen and oxygen atoms in total. The van der Waals surface area contributed by atoms with E-state index in [0.717, 1.165) is 10.2 Å². The number of aromatic hydroxyl groups is 2. The minimum absolute atomic E-state index is 0.0250. The SMILES string of the molecule is O=[N+]([O-])c1cccc(C=Nc2ccc(-c3nc4ccccc4s3)c(O)c2)c1O. The van der Waals surface area contributed by atoms with Gasteiger partial charge in [0.05, 0.1) is 26.4 Å². The highest BCUT2D eigenvalue weighted by molar-refractivity contribution is 7.21. The van der Waals surface area contributed by atoms with Gasteiger partial charge in [-0.2, -0.15) is 0 Å². The lowest BCUT2D eigenvalue weighted by Crippen LogP contribution is -1.91. The summed E-state index contributed by atoms with van der Waals surface area (Å²) in [5.74, 6) is -0.427. The number of phenols is 2. The number of fused-ring (bicyclic) bond motifs is 1. The van der Waals surface area contributed by atoms with Crippen LogP contribution in [0.1, 0.15) is 5.56 Å². The van der Waals surface area contributed by atoms with Crippen molar-refractivity contribution in [3.63, 3.8) is 0 Å². The first-order valence-corrected chi connectivity index (χ1v) is 9.04. The van der Waals surface area contributed by atoms with Crippen LogP contribution in [0.25, 0.3) is 20.8 Å². The number of hydrogen-bond acceptors (Lipinski definition) is 7. The summed E-state index contributed by atoms with van der Waals surface area (Å²) in [6.45, 7) is 0. The third kappa shape index (κ3) is 3.28. The minimum Gasteiger partial charge on any atom is -0.507 e. The Hall–Kier alpha value is -3.78. The van der Waals surface area contributed by atoms with Gasteiger partial charge in [0.2, 0.25) is 5.75 Å². The summed E-state index contributed by atoms with van der Waals surface area (Å²) in [7, 11) is 0. The van der Waals surface area contributed by atoms with Crippen molar-refractivity contribution in [2.45, 2.75) is 0 Å². The van der Waals surface area contributed by atoms with Gasteiger partial charge in [-0.05, 0) is 30.3 Å². The van der Waals surface area contributed by atoms with Crippen molar-refractivity contribution < 1.29 is 15.1 Å². The normalized spacial score (nSPS) is 11.3. The molecule has 4 aromatic rings. The first-order chi connectivity index (χ1) is 13.5. The molecule has 2 N–H and O–H groups in total. The molecule has 0 saturated carbocycles. The lowest BCUT2D eigenvalue weighted by molar-refractivity contribution is -0.385. The first-order valence-electron chi connectivity index (χ1n) is 8.22. The van der Waals surface area contributed by atoms with Gasteiger partial charge in [-0.25, -0.2) is 4.98 Å². The van der Waals surface area contributed by atoms with Crippen molar-refractivity contribution in [3.05, 3.63) is 76.3 Å². The van der Waals surface area contributed by atoms with Crippen molar-refractivity contribution in [2.24, 2.45) is 4.99 Å². The van der Waals surface area contributed by atoms with Gasteiger partial charge in [-0.15, -0.1) is 11.3 Å². The van der Waals surface area contributed by atoms with Crippen LogP contribution in [0.3, 0.4) is 0 Å². The number of aromatic nitrogens is 1. The van der Waals surface area contributed by atoms with Gasteiger partial charge in [-0.1, -0.05) is 18.2 Å². The predicted molar refractivity (Wildman–Crippen MR) is 109 cm³/mol. The molecule has 0 unspecified atom stereocenters. The van der Waals surface area contributed by atoms with Crippen LogP contribution in [0.4, 0.5) is 11.4 Å². The molecule has 0 amide bonds. The highest BCUT2D eigenvalue weighted by atomic mass is 32.1. The highest BCUT2D eigenvalue weighted by Crippen LogP contribution is 2.37. The van der Waals surface area contributed by atoms with Gasteiger partial charge in [0.15, 0.2) is 0 Å². The van der Waals surface area contributed by atoms with E-state index in [9.17, 15) is 20.3 Å². The molecule has 0 aliphatic heterocycles. The Morgan fingerprint density at radius 1 is 1.07 bits per heavy atom. The van der Waals surface area contributed by atoms with Crippen molar-refractivity contribution in [2.75, 3.05) is 0 Å². The molecule has 8 heteroatoms. The van der Waals surface area contributed by atoms with Crippen LogP contribution in [0.15, 0.2) is 65.7 Å². The first kappa shape index (κ1) is 17.6. The van der Waals surface area contributed by atoms with Crippen molar-refractivity contribution in [1.29, 1.82) is 0 Å². The van der Waals surface area contributed by atoms with Gasteiger partial charge in [-0.3, -0.25) is 15.1 Å². The van der Waals surface area contributed by atoms with Gasteiger partial charge < -0.3 is 10.2 Å². The average Bonchev–Trinajstić information content (AvgIpc) is 3.11. The summed E-state index contributed by atoms with van der Waals surface area (Å²) in [6.07, 6.45) is 1.31. The van der Waals surface area contributed by atoms with Crippen LogP contribution in [0.2, 0.25) is 0 Å². The summed E-state index contributed by atoms with van der Waals surface area (Å²) in [4.78, 5) is 19.0. The zero-order valence-corrected chi connectivity index (χ0v) is 15.1. The molecule has 0 saturated heterocycles. The molecule has 0 spiro atoms. The Bertz CT molecular complexity index is 1200. The standard InChI is InChI=1S/C20H13N3O4S/c24-17-10-13(21-11-12-4-3-6-16(19(12)25)23(26)27)8-9-14(17)20-22-15-5-1-2-7-18(15)28-20/h1-11,24-25H. The molecule has 0 bridgehead atoms. The highest BCUT2D eigenvalue weighted by Gasteiger charge is 2.15. The van der Waals surface area contributed by atoms with Crippen LogP contribution in [0.5, 0.6) is 11.5 Å². The summed E-state index contributed by atoms with van der Waals surface area (Å²) in [6, 6.07) is 16.8. The maximum Gasteiger partial charge on any atom is 0.311 e. The fourth-order valence-electron chi connectivity index (χ4n) is 2.71. The molecule has 0 aliphatic rings. The van der Waals surface area contributed by atoms with Crippen LogP contribution in [-0.2, 0) is 0 Å². The number of benzene rings is 3. The fraction of sp³-hybridized carbons (Fsp3) is 0. The van der Waals surface area contributed by atoms with E-state index < -0.39 is 16.4 Å². The van der Waals surface area contributed by atoms with E-state index >= 15 is 0 Å². The van der Waals surface area contributed by atoms with E-state index in [1.54, 1.807) is 12.1 Å². The second-order valence-corrected chi connectivity index (χ2v) is 6.95. The van der Waals surface area contributed by atoms with E-state index in [4.69, 9.17) is 0 Å². The third-order valence-corrected chi connectivity index (χ3v) is 5.17. The second kappa shape index (κ2) is 7.09. The fourth-order valence-corrected chi connectivity index (χ4v) is 3.71. The van der Waals surface area contributed by atoms with Gasteiger partial charge in [0.25, 0.3) is 0 Å². The molecule has 1 heterocycles. The Morgan fingerprint density at radius 3 is 2.64 bits per heavy atom. The number of aliphatic imine (C=N–C) groups is 1. The van der Waals surface area contributed by atoms with E-state index in [-0.39, 0.29) is 11.3 Å². The van der Waals surface area contributed by atoms with Crippen LogP contribution in [0, 0.1) is 10.1 Å². The van der Waals surface area contributed by atoms with Gasteiger partial charge in [0, 0.05) is 23.9 Å². The Balaban J connectivity index is 1.64. The Kier molecular flexibility index (Phi) is 4.46. The molecule has 28 heavy (non-hydrogen) atoms. The summed E-state index contributed by atoms with van der Waals surface area (Å²) >= 11 is 1.48. The molecule has 0 aliphatic carbocycles. The zero-order chi connectivity index (χ0) is 19.7. The van der Waals surface area contributed by atoms with Crippen LogP contribution >= 0.6 is 11.3 Å². The summed E-state index contributed by atoms with van der Waals surface area (Å²) < 4.78 is 1.03. The third-order valence-electron chi connectivity index (χ3n) is 4.10. The average molecular weight is 391 g/mol. The van der Waals surface area contributed by atoms with E-state index in [0.29, 0.717) is 16.3 Å². The molecule has 138 valence electrons. The van der Waals surface area contributed by atoms with E-state index in [1.165, 1.54) is 41.8 Å². The maximum absolute atomic E-state index is 10.9. The number of hydrogen-bond donors (Lipinski definition) is 2. The topological polar surface area (TPSA) is 109 Å². The van der Waals surface area contributed by atoms with Crippen molar-refractivity contribution in [3.8, 4) is 22.1 Å². The van der Waals surface area contributed by atoms with Crippen molar-refractivity contribution in [1.82, 2.24) is 4.98 Å². The molecule has 3 aromatic carbocycles. The van der Waals surface area contributed by atoms with E-state index in [2.05, 4.69) is 9.98 Å². The summed E-state index contributed by atoms with van der Waals surface area (Å²) in [5.41, 5.74) is 1.72. The number of para-hydroxylation sites is 2. The molecule has 4 rings (SSSR count). The predicted octanol–water partition coefficient (Wildman–Crippen LogP) is 5.03. The number of nitro benzene ring substituents is 1. The number of phenolic OH excluding ortho intramolecular Hbond substituents is 2. The largest absolute Gasteiger partial charge is 0.507 e.